The minimum Gasteiger partial charge on any atom is -0.335 e. The second kappa shape index (κ2) is 8.81. The van der Waals surface area contributed by atoms with E-state index in [0.29, 0.717) is 38.4 Å². The first-order valence-electron chi connectivity index (χ1n) is 9.98. The number of aryl methyl sites for hydroxylation is 2. The van der Waals surface area contributed by atoms with Gasteiger partial charge in [0.1, 0.15) is 0 Å². The van der Waals surface area contributed by atoms with Crippen LogP contribution in [0.4, 0.5) is 5.69 Å². The van der Waals surface area contributed by atoms with Crippen LogP contribution >= 0.6 is 11.3 Å². The molecule has 0 aliphatic carbocycles. The van der Waals surface area contributed by atoms with Crippen LogP contribution in [-0.2, 0) is 4.79 Å². The minimum absolute atomic E-state index is 0.0277. The van der Waals surface area contributed by atoms with Gasteiger partial charge in [-0.15, -0.1) is 11.3 Å². The SMILES string of the molecule is Cc1cccc(C)c1NC(=O)CN1CCN(C(=O)c2cc(-c3cccs3)[nH]n2)CC1. The number of aromatic amines is 1. The Labute approximate surface area is 179 Å². The molecule has 156 valence electrons. The van der Waals surface area contributed by atoms with E-state index in [9.17, 15) is 9.59 Å². The fourth-order valence-corrected chi connectivity index (χ4v) is 4.35. The maximum Gasteiger partial charge on any atom is 0.274 e. The van der Waals surface area contributed by atoms with Crippen LogP contribution in [0.2, 0.25) is 0 Å². The van der Waals surface area contributed by atoms with Crippen LogP contribution in [0.5, 0.6) is 0 Å². The summed E-state index contributed by atoms with van der Waals surface area (Å²) in [6.07, 6.45) is 0. The zero-order valence-corrected chi connectivity index (χ0v) is 18.0. The lowest BCUT2D eigenvalue weighted by molar-refractivity contribution is -0.117. The molecule has 3 aromatic rings. The average Bonchev–Trinajstić information content (AvgIpc) is 3.42. The molecule has 0 bridgehead atoms. The predicted octanol–water partition coefficient (Wildman–Crippen LogP) is 3.15. The maximum atomic E-state index is 12.8. The van der Waals surface area contributed by atoms with Crippen molar-refractivity contribution in [3.63, 3.8) is 0 Å². The van der Waals surface area contributed by atoms with Gasteiger partial charge in [0.25, 0.3) is 5.91 Å². The van der Waals surface area contributed by atoms with E-state index in [2.05, 4.69) is 20.4 Å². The third-order valence-electron chi connectivity index (χ3n) is 5.36. The molecular formula is C22H25N5O2S. The van der Waals surface area contributed by atoms with E-state index in [4.69, 9.17) is 0 Å². The number of anilines is 1. The van der Waals surface area contributed by atoms with Crippen molar-refractivity contribution in [2.45, 2.75) is 13.8 Å². The van der Waals surface area contributed by atoms with E-state index in [-0.39, 0.29) is 11.8 Å². The highest BCUT2D eigenvalue weighted by Gasteiger charge is 2.25. The molecule has 1 fully saturated rings. The summed E-state index contributed by atoms with van der Waals surface area (Å²) in [4.78, 5) is 30.2. The first-order chi connectivity index (χ1) is 14.5. The third-order valence-corrected chi connectivity index (χ3v) is 6.26. The Balaban J connectivity index is 1.29. The first-order valence-corrected chi connectivity index (χ1v) is 10.9. The highest BCUT2D eigenvalue weighted by Crippen LogP contribution is 2.23. The molecule has 2 amide bonds. The lowest BCUT2D eigenvalue weighted by Gasteiger charge is -2.34. The zero-order chi connectivity index (χ0) is 21.1. The van der Waals surface area contributed by atoms with Crippen molar-refractivity contribution in [3.05, 3.63) is 58.6 Å². The lowest BCUT2D eigenvalue weighted by Crippen LogP contribution is -2.50. The van der Waals surface area contributed by atoms with E-state index >= 15 is 0 Å². The molecular weight excluding hydrogens is 398 g/mol. The topological polar surface area (TPSA) is 81.3 Å². The molecule has 3 heterocycles. The zero-order valence-electron chi connectivity index (χ0n) is 17.1. The van der Waals surface area contributed by atoms with Gasteiger partial charge in [0, 0.05) is 31.9 Å². The number of hydrogen-bond acceptors (Lipinski definition) is 5. The molecule has 8 heteroatoms. The van der Waals surface area contributed by atoms with Crippen LogP contribution in [0.25, 0.3) is 10.6 Å². The predicted molar refractivity (Wildman–Crippen MR) is 119 cm³/mol. The normalized spacial score (nSPS) is 14.7. The average molecular weight is 424 g/mol. The van der Waals surface area contributed by atoms with Crippen LogP contribution in [-0.4, -0.2) is 64.5 Å². The van der Waals surface area contributed by atoms with Crippen molar-refractivity contribution in [1.29, 1.82) is 0 Å². The van der Waals surface area contributed by atoms with Crippen LogP contribution in [0.3, 0.4) is 0 Å². The number of H-pyrrole nitrogens is 1. The van der Waals surface area contributed by atoms with Crippen molar-refractivity contribution >= 4 is 28.8 Å². The number of hydrogen-bond donors (Lipinski definition) is 2. The third kappa shape index (κ3) is 4.44. The summed E-state index contributed by atoms with van der Waals surface area (Å²) >= 11 is 1.60. The van der Waals surface area contributed by atoms with E-state index < -0.39 is 0 Å². The number of carbonyl (C=O) groups is 2. The molecule has 1 aliphatic rings. The number of benzene rings is 1. The smallest absolute Gasteiger partial charge is 0.274 e. The van der Waals surface area contributed by atoms with Gasteiger partial charge in [-0.2, -0.15) is 5.10 Å². The molecule has 2 aromatic heterocycles. The second-order valence-electron chi connectivity index (χ2n) is 7.53. The van der Waals surface area contributed by atoms with Gasteiger partial charge in [-0.1, -0.05) is 24.3 Å². The molecule has 4 rings (SSSR count). The minimum atomic E-state index is -0.0753. The summed E-state index contributed by atoms with van der Waals surface area (Å²) in [7, 11) is 0. The fourth-order valence-electron chi connectivity index (χ4n) is 3.65. The second-order valence-corrected chi connectivity index (χ2v) is 8.48. The highest BCUT2D eigenvalue weighted by atomic mass is 32.1. The summed E-state index contributed by atoms with van der Waals surface area (Å²) in [5.41, 5.74) is 4.28. The summed E-state index contributed by atoms with van der Waals surface area (Å²) in [6, 6.07) is 11.7. The number of rotatable bonds is 5. The molecule has 2 N–H and O–H groups in total. The van der Waals surface area contributed by atoms with E-state index in [1.165, 1.54) is 0 Å². The van der Waals surface area contributed by atoms with Crippen molar-refractivity contribution in [2.75, 3.05) is 38.0 Å². The van der Waals surface area contributed by atoms with Crippen molar-refractivity contribution < 1.29 is 9.59 Å². The van der Waals surface area contributed by atoms with Crippen LogP contribution in [0.15, 0.2) is 41.8 Å². The van der Waals surface area contributed by atoms with Gasteiger partial charge >= 0.3 is 0 Å². The van der Waals surface area contributed by atoms with Gasteiger partial charge < -0.3 is 10.2 Å². The summed E-state index contributed by atoms with van der Waals surface area (Å²) < 4.78 is 0. The molecule has 0 radical (unpaired) electrons. The number of thiophene rings is 1. The Morgan fingerprint density at radius 1 is 1.10 bits per heavy atom. The highest BCUT2D eigenvalue weighted by molar-refractivity contribution is 7.13. The largest absolute Gasteiger partial charge is 0.335 e. The molecule has 1 aliphatic heterocycles. The Bertz CT molecular complexity index is 1020. The quantitative estimate of drug-likeness (QED) is 0.661. The van der Waals surface area contributed by atoms with E-state index in [0.717, 1.165) is 27.4 Å². The molecule has 7 nitrogen and oxygen atoms in total. The van der Waals surface area contributed by atoms with Crippen molar-refractivity contribution in [2.24, 2.45) is 0 Å². The van der Waals surface area contributed by atoms with Crippen LogP contribution in [0, 0.1) is 13.8 Å². The van der Waals surface area contributed by atoms with Crippen molar-refractivity contribution in [3.8, 4) is 10.6 Å². The molecule has 1 saturated heterocycles. The van der Waals surface area contributed by atoms with Crippen LogP contribution < -0.4 is 5.32 Å². The molecule has 30 heavy (non-hydrogen) atoms. The van der Waals surface area contributed by atoms with Gasteiger partial charge in [-0.05, 0) is 42.5 Å². The maximum absolute atomic E-state index is 12.8. The summed E-state index contributed by atoms with van der Waals surface area (Å²) in [5, 5.41) is 12.2. The van der Waals surface area contributed by atoms with Crippen LogP contribution in [0.1, 0.15) is 21.6 Å². The van der Waals surface area contributed by atoms with Gasteiger partial charge in [-0.3, -0.25) is 19.6 Å². The van der Waals surface area contributed by atoms with E-state index in [1.54, 1.807) is 22.3 Å². The number of aromatic nitrogens is 2. The lowest BCUT2D eigenvalue weighted by atomic mass is 10.1. The molecule has 0 spiro atoms. The Hall–Kier alpha value is -2.97. The fraction of sp³-hybridized carbons (Fsp3) is 0.318. The Morgan fingerprint density at radius 3 is 2.50 bits per heavy atom. The molecule has 0 atom stereocenters. The summed E-state index contributed by atoms with van der Waals surface area (Å²) in [5.74, 6) is -0.103. The Kier molecular flexibility index (Phi) is 5.96. The standard InChI is InChI=1S/C22H25N5O2S/c1-15-5-3-6-16(2)21(15)23-20(28)14-26-8-10-27(11-9-26)22(29)18-13-17(24-25-18)19-7-4-12-30-19/h3-7,12-13H,8-11,14H2,1-2H3,(H,23,28)(H,24,25). The van der Waals surface area contributed by atoms with Gasteiger partial charge in [-0.25, -0.2) is 0 Å². The molecule has 1 aromatic carbocycles. The monoisotopic (exact) mass is 423 g/mol. The molecule has 0 saturated carbocycles. The number of piperazine rings is 1. The number of nitrogens with one attached hydrogen (secondary N) is 2. The van der Waals surface area contributed by atoms with Gasteiger partial charge in [0.2, 0.25) is 5.91 Å². The van der Waals surface area contributed by atoms with Crippen molar-refractivity contribution in [1.82, 2.24) is 20.0 Å². The van der Waals surface area contributed by atoms with Gasteiger partial charge in [0.05, 0.1) is 17.1 Å². The number of nitrogens with zero attached hydrogens (tertiary/aromatic N) is 3. The number of para-hydroxylation sites is 1. The number of carbonyl (C=O) groups excluding carboxylic acids is 2. The first kappa shape index (κ1) is 20.3. The summed E-state index contributed by atoms with van der Waals surface area (Å²) in [6.45, 7) is 6.79. The van der Waals surface area contributed by atoms with Gasteiger partial charge in [0.15, 0.2) is 5.69 Å². The van der Waals surface area contributed by atoms with E-state index in [1.807, 2.05) is 49.6 Å². The number of amides is 2. The Morgan fingerprint density at radius 2 is 1.83 bits per heavy atom. The molecule has 0 unspecified atom stereocenters.